The van der Waals surface area contributed by atoms with Gasteiger partial charge in [0.05, 0.1) is 16.3 Å². The van der Waals surface area contributed by atoms with Gasteiger partial charge in [0.2, 0.25) is 0 Å². The van der Waals surface area contributed by atoms with E-state index in [9.17, 15) is 13.2 Å². The summed E-state index contributed by atoms with van der Waals surface area (Å²) in [5.41, 5.74) is 5.77. The zero-order valence-electron chi connectivity index (χ0n) is 13.8. The Morgan fingerprint density at radius 3 is 2.07 bits per heavy atom. The standard InChI is InChI=1S/C17H11Cl3F3N5/c18-9-4-10(19)6-11(5-9)27-15-14(24)16(26-7-25-15)28-13-3-8(17(21,22)23)1-2-12(13)20/h1-7H,24H2,(H2,25,26,27,28). The van der Waals surface area contributed by atoms with Gasteiger partial charge in [0.25, 0.3) is 0 Å². The van der Waals surface area contributed by atoms with Crippen LogP contribution in [0.4, 0.5) is 41.9 Å². The molecular weight excluding hydrogens is 438 g/mol. The monoisotopic (exact) mass is 447 g/mol. The van der Waals surface area contributed by atoms with Gasteiger partial charge in [-0.25, -0.2) is 9.97 Å². The van der Waals surface area contributed by atoms with Crippen LogP contribution < -0.4 is 16.4 Å². The minimum absolute atomic E-state index is 0.00126. The molecule has 1 aromatic heterocycles. The fraction of sp³-hybridized carbons (Fsp3) is 0.0588. The molecule has 0 amide bonds. The average Bonchev–Trinajstić information content (AvgIpc) is 2.58. The normalized spacial score (nSPS) is 11.4. The lowest BCUT2D eigenvalue weighted by Crippen LogP contribution is -2.08. The first kappa shape index (κ1) is 20.3. The molecule has 2 aromatic carbocycles. The maximum absolute atomic E-state index is 12.9. The molecule has 0 spiro atoms. The molecule has 11 heteroatoms. The lowest BCUT2D eigenvalue weighted by molar-refractivity contribution is -0.137. The fourth-order valence-electron chi connectivity index (χ4n) is 2.28. The molecule has 1 heterocycles. The molecule has 5 nitrogen and oxygen atoms in total. The summed E-state index contributed by atoms with van der Waals surface area (Å²) in [5, 5.41) is 6.50. The Kier molecular flexibility index (Phi) is 5.74. The van der Waals surface area contributed by atoms with Crippen molar-refractivity contribution in [1.29, 1.82) is 0 Å². The van der Waals surface area contributed by atoms with E-state index in [1.54, 1.807) is 18.2 Å². The molecule has 0 aliphatic heterocycles. The summed E-state index contributed by atoms with van der Waals surface area (Å²) in [6.45, 7) is 0. The van der Waals surface area contributed by atoms with Crippen LogP contribution >= 0.6 is 34.8 Å². The van der Waals surface area contributed by atoms with Gasteiger partial charge in [-0.05, 0) is 36.4 Å². The topological polar surface area (TPSA) is 75.9 Å². The number of nitrogens with zero attached hydrogens (tertiary/aromatic N) is 2. The molecule has 0 aliphatic carbocycles. The summed E-state index contributed by atoms with van der Waals surface area (Å²) >= 11 is 17.9. The molecule has 3 aromatic rings. The minimum Gasteiger partial charge on any atom is -0.393 e. The van der Waals surface area contributed by atoms with Gasteiger partial charge >= 0.3 is 6.18 Å². The number of rotatable bonds is 4. The first-order chi connectivity index (χ1) is 13.1. The highest BCUT2D eigenvalue weighted by Gasteiger charge is 2.31. The zero-order chi connectivity index (χ0) is 20.5. The quantitative estimate of drug-likeness (QED) is 0.423. The van der Waals surface area contributed by atoms with Crippen LogP contribution in [0.1, 0.15) is 5.56 Å². The Morgan fingerprint density at radius 1 is 0.857 bits per heavy atom. The number of aromatic nitrogens is 2. The highest BCUT2D eigenvalue weighted by molar-refractivity contribution is 6.35. The van der Waals surface area contributed by atoms with Crippen molar-refractivity contribution < 1.29 is 13.2 Å². The molecule has 146 valence electrons. The predicted octanol–water partition coefficient (Wildman–Crippen LogP) is 6.53. The second-order valence-electron chi connectivity index (χ2n) is 5.59. The first-order valence-corrected chi connectivity index (χ1v) is 8.74. The smallest absolute Gasteiger partial charge is 0.393 e. The molecule has 4 N–H and O–H groups in total. The van der Waals surface area contributed by atoms with Gasteiger partial charge in [-0.3, -0.25) is 0 Å². The second-order valence-corrected chi connectivity index (χ2v) is 6.87. The van der Waals surface area contributed by atoms with E-state index in [1.165, 1.54) is 6.33 Å². The number of alkyl halides is 3. The number of hydrogen-bond donors (Lipinski definition) is 3. The molecule has 0 unspecified atom stereocenters. The van der Waals surface area contributed by atoms with E-state index in [4.69, 9.17) is 40.5 Å². The van der Waals surface area contributed by atoms with Crippen molar-refractivity contribution in [2.45, 2.75) is 6.18 Å². The maximum Gasteiger partial charge on any atom is 0.416 e. The summed E-state index contributed by atoms with van der Waals surface area (Å²) in [7, 11) is 0. The SMILES string of the molecule is Nc1c(Nc2cc(Cl)cc(Cl)c2)ncnc1Nc1cc(C(F)(F)F)ccc1Cl. The first-order valence-electron chi connectivity index (χ1n) is 7.61. The Balaban J connectivity index is 1.92. The van der Waals surface area contributed by atoms with Gasteiger partial charge in [0.15, 0.2) is 11.6 Å². The third-order valence-corrected chi connectivity index (χ3v) is 4.32. The van der Waals surface area contributed by atoms with Crippen LogP contribution in [0.2, 0.25) is 15.1 Å². The molecule has 0 radical (unpaired) electrons. The molecule has 0 fully saturated rings. The van der Waals surface area contributed by atoms with Crippen molar-refractivity contribution in [3.63, 3.8) is 0 Å². The Morgan fingerprint density at radius 2 is 1.46 bits per heavy atom. The Labute approximate surface area is 172 Å². The van der Waals surface area contributed by atoms with E-state index in [0.29, 0.717) is 15.7 Å². The van der Waals surface area contributed by atoms with Crippen molar-refractivity contribution in [3.8, 4) is 0 Å². The van der Waals surface area contributed by atoms with E-state index in [0.717, 1.165) is 18.2 Å². The summed E-state index contributed by atoms with van der Waals surface area (Å²) in [6.07, 6.45) is -3.33. The van der Waals surface area contributed by atoms with E-state index < -0.39 is 11.7 Å². The maximum atomic E-state index is 12.9. The fourth-order valence-corrected chi connectivity index (χ4v) is 2.97. The minimum atomic E-state index is -4.52. The van der Waals surface area contributed by atoms with Crippen LogP contribution in [0.3, 0.4) is 0 Å². The number of nitrogens with two attached hydrogens (primary N) is 1. The van der Waals surface area contributed by atoms with Crippen molar-refractivity contribution in [2.75, 3.05) is 16.4 Å². The summed E-state index contributed by atoms with van der Waals surface area (Å²) in [5.74, 6) is 0.283. The number of benzene rings is 2. The Bertz CT molecular complexity index is 1010. The average molecular weight is 449 g/mol. The highest BCUT2D eigenvalue weighted by atomic mass is 35.5. The van der Waals surface area contributed by atoms with Crippen molar-refractivity contribution in [2.24, 2.45) is 0 Å². The van der Waals surface area contributed by atoms with Crippen LogP contribution in [0.15, 0.2) is 42.7 Å². The van der Waals surface area contributed by atoms with E-state index in [1.807, 2.05) is 0 Å². The number of anilines is 5. The Hall–Kier alpha value is -2.42. The van der Waals surface area contributed by atoms with Crippen LogP contribution in [-0.2, 0) is 6.18 Å². The van der Waals surface area contributed by atoms with Crippen molar-refractivity contribution >= 4 is 63.5 Å². The van der Waals surface area contributed by atoms with Crippen LogP contribution in [0.25, 0.3) is 0 Å². The molecular formula is C17H11Cl3F3N5. The number of hydrogen-bond acceptors (Lipinski definition) is 5. The third kappa shape index (κ3) is 4.70. The number of halogens is 6. The van der Waals surface area contributed by atoms with Crippen molar-refractivity contribution in [1.82, 2.24) is 9.97 Å². The van der Waals surface area contributed by atoms with E-state index in [2.05, 4.69) is 20.6 Å². The second kappa shape index (κ2) is 7.90. The van der Waals surface area contributed by atoms with Gasteiger partial charge in [-0.2, -0.15) is 13.2 Å². The van der Waals surface area contributed by atoms with Crippen LogP contribution in [-0.4, -0.2) is 9.97 Å². The van der Waals surface area contributed by atoms with Gasteiger partial charge in [0.1, 0.15) is 12.0 Å². The van der Waals surface area contributed by atoms with Gasteiger partial charge in [-0.1, -0.05) is 34.8 Å². The molecule has 0 saturated heterocycles. The van der Waals surface area contributed by atoms with Crippen LogP contribution in [0, 0.1) is 0 Å². The van der Waals surface area contributed by atoms with Gasteiger partial charge < -0.3 is 16.4 Å². The van der Waals surface area contributed by atoms with Gasteiger partial charge in [-0.15, -0.1) is 0 Å². The third-order valence-electron chi connectivity index (χ3n) is 3.56. The summed E-state index contributed by atoms with van der Waals surface area (Å²) in [6, 6.07) is 7.65. The predicted molar refractivity (Wildman–Crippen MR) is 106 cm³/mol. The molecule has 0 bridgehead atoms. The lowest BCUT2D eigenvalue weighted by atomic mass is 10.2. The summed E-state index contributed by atoms with van der Waals surface area (Å²) in [4.78, 5) is 7.99. The zero-order valence-corrected chi connectivity index (χ0v) is 16.0. The molecule has 0 aliphatic rings. The summed E-state index contributed by atoms with van der Waals surface area (Å²) < 4.78 is 38.8. The molecule has 3 rings (SSSR count). The van der Waals surface area contributed by atoms with Crippen molar-refractivity contribution in [3.05, 3.63) is 63.4 Å². The number of nitrogen functional groups attached to an aromatic ring is 1. The molecule has 28 heavy (non-hydrogen) atoms. The van der Waals surface area contributed by atoms with Gasteiger partial charge in [0, 0.05) is 15.7 Å². The number of nitrogens with one attached hydrogen (secondary N) is 2. The van der Waals surface area contributed by atoms with E-state index >= 15 is 0 Å². The largest absolute Gasteiger partial charge is 0.416 e. The molecule has 0 atom stereocenters. The lowest BCUT2D eigenvalue weighted by Gasteiger charge is -2.15. The van der Waals surface area contributed by atoms with Crippen LogP contribution in [0.5, 0.6) is 0 Å². The molecule has 0 saturated carbocycles. The van der Waals surface area contributed by atoms with E-state index in [-0.39, 0.29) is 28.0 Å². The highest BCUT2D eigenvalue weighted by Crippen LogP contribution is 2.36.